The van der Waals surface area contributed by atoms with Crippen LogP contribution in [-0.2, 0) is 23.1 Å². The van der Waals surface area contributed by atoms with E-state index in [-0.39, 0.29) is 42.6 Å². The van der Waals surface area contributed by atoms with Gasteiger partial charge in [-0.2, -0.15) is 5.10 Å². The fourth-order valence-electron chi connectivity index (χ4n) is 4.89. The first-order valence-corrected chi connectivity index (χ1v) is 11.6. The molecule has 180 valence electrons. The largest absolute Gasteiger partial charge is 0.477 e. The minimum atomic E-state index is -1.07. The van der Waals surface area contributed by atoms with Gasteiger partial charge in [0.25, 0.3) is 0 Å². The van der Waals surface area contributed by atoms with Crippen LogP contribution >= 0.6 is 0 Å². The van der Waals surface area contributed by atoms with Gasteiger partial charge in [-0.15, -0.1) is 0 Å². The summed E-state index contributed by atoms with van der Waals surface area (Å²) in [5.41, 5.74) is 5.20. The van der Waals surface area contributed by atoms with Gasteiger partial charge in [-0.1, -0.05) is 48.5 Å². The number of nitrogens with one attached hydrogen (secondary N) is 2. The molecule has 5 rings (SSSR count). The van der Waals surface area contributed by atoms with Crippen LogP contribution in [0.25, 0.3) is 11.1 Å². The molecular formula is C26H26N4O5. The minimum absolute atomic E-state index is 0.00121. The van der Waals surface area contributed by atoms with Gasteiger partial charge in [-0.3, -0.25) is 9.48 Å². The van der Waals surface area contributed by atoms with Crippen molar-refractivity contribution in [2.45, 2.75) is 31.3 Å². The van der Waals surface area contributed by atoms with Gasteiger partial charge < -0.3 is 20.5 Å². The molecule has 0 bridgehead atoms. The van der Waals surface area contributed by atoms with Gasteiger partial charge >= 0.3 is 12.1 Å². The van der Waals surface area contributed by atoms with Crippen molar-refractivity contribution in [3.63, 3.8) is 0 Å². The van der Waals surface area contributed by atoms with Gasteiger partial charge in [-0.25, -0.2) is 9.59 Å². The molecule has 0 unspecified atom stereocenters. The van der Waals surface area contributed by atoms with E-state index in [2.05, 4.69) is 40.0 Å². The van der Waals surface area contributed by atoms with Crippen molar-refractivity contribution in [2.75, 3.05) is 6.61 Å². The monoisotopic (exact) mass is 474 g/mol. The highest BCUT2D eigenvalue weighted by atomic mass is 16.5. The molecule has 3 N–H and O–H groups in total. The van der Waals surface area contributed by atoms with Gasteiger partial charge in [0.15, 0.2) is 0 Å². The van der Waals surface area contributed by atoms with E-state index in [4.69, 9.17) is 9.84 Å². The Morgan fingerprint density at radius 1 is 1.06 bits per heavy atom. The molecule has 2 aliphatic carbocycles. The molecule has 35 heavy (non-hydrogen) atoms. The molecule has 0 spiro atoms. The molecule has 0 aliphatic heterocycles. The van der Waals surface area contributed by atoms with Crippen LogP contribution in [-0.4, -0.2) is 45.5 Å². The lowest BCUT2D eigenvalue weighted by molar-refractivity contribution is -0.128. The molecule has 1 fully saturated rings. The summed E-state index contributed by atoms with van der Waals surface area (Å²) in [6, 6.07) is 17.7. The smallest absolute Gasteiger partial charge is 0.407 e. The van der Waals surface area contributed by atoms with Gasteiger partial charge in [0.2, 0.25) is 5.91 Å². The summed E-state index contributed by atoms with van der Waals surface area (Å²) in [6.07, 6.45) is 0.572. The van der Waals surface area contributed by atoms with E-state index in [1.54, 1.807) is 7.05 Å². The topological polar surface area (TPSA) is 123 Å². The van der Waals surface area contributed by atoms with Gasteiger partial charge in [0.1, 0.15) is 12.3 Å². The molecule has 2 aromatic carbocycles. The lowest BCUT2D eigenvalue weighted by atomic mass is 9.79. The number of fused-ring (bicyclic) bond motifs is 3. The van der Waals surface area contributed by atoms with Crippen molar-refractivity contribution in [3.8, 4) is 11.1 Å². The third-order valence-corrected chi connectivity index (χ3v) is 6.77. The van der Waals surface area contributed by atoms with E-state index in [1.165, 1.54) is 21.9 Å². The summed E-state index contributed by atoms with van der Waals surface area (Å²) >= 11 is 0. The number of aromatic carboxylic acids is 1. The fraction of sp³-hybridized carbons (Fsp3) is 0.308. The number of benzene rings is 2. The van der Waals surface area contributed by atoms with E-state index in [1.807, 2.05) is 24.3 Å². The van der Waals surface area contributed by atoms with Crippen LogP contribution in [0.4, 0.5) is 4.79 Å². The fourth-order valence-corrected chi connectivity index (χ4v) is 4.89. The second kappa shape index (κ2) is 9.25. The van der Waals surface area contributed by atoms with Crippen LogP contribution in [0.1, 0.15) is 46.1 Å². The summed E-state index contributed by atoms with van der Waals surface area (Å²) in [6.45, 7) is 0.403. The molecular weight excluding hydrogens is 448 g/mol. The predicted molar refractivity (Wildman–Crippen MR) is 127 cm³/mol. The minimum Gasteiger partial charge on any atom is -0.477 e. The molecule has 1 saturated carbocycles. The highest BCUT2D eigenvalue weighted by Crippen LogP contribution is 2.44. The maximum absolute atomic E-state index is 12.4. The number of carboxylic acids is 1. The van der Waals surface area contributed by atoms with E-state index in [0.717, 1.165) is 11.1 Å². The Hall–Kier alpha value is -4.14. The Kier molecular flexibility index (Phi) is 5.98. The quantitative estimate of drug-likeness (QED) is 0.484. The molecule has 9 nitrogen and oxygen atoms in total. The number of hydrogen-bond donors (Lipinski definition) is 3. The highest BCUT2D eigenvalue weighted by molar-refractivity contribution is 5.86. The van der Waals surface area contributed by atoms with Crippen LogP contribution in [0.5, 0.6) is 0 Å². The Morgan fingerprint density at radius 2 is 1.69 bits per heavy atom. The molecule has 2 amide bonds. The molecule has 9 heteroatoms. The molecule has 0 atom stereocenters. The summed E-state index contributed by atoms with van der Waals surface area (Å²) in [7, 11) is 1.54. The zero-order valence-electron chi connectivity index (χ0n) is 19.2. The second-order valence-electron chi connectivity index (χ2n) is 9.00. The zero-order valence-corrected chi connectivity index (χ0v) is 19.2. The molecule has 0 radical (unpaired) electrons. The van der Waals surface area contributed by atoms with E-state index in [0.29, 0.717) is 18.5 Å². The number of aryl methyl sites for hydroxylation is 1. The number of alkyl carbamates (subject to hydrolysis) is 1. The Labute approximate surface area is 202 Å². The molecule has 1 aromatic heterocycles. The first kappa shape index (κ1) is 22.6. The summed E-state index contributed by atoms with van der Waals surface area (Å²) < 4.78 is 6.84. The third-order valence-electron chi connectivity index (χ3n) is 6.77. The van der Waals surface area contributed by atoms with E-state index in [9.17, 15) is 14.4 Å². The van der Waals surface area contributed by atoms with Crippen molar-refractivity contribution in [2.24, 2.45) is 13.0 Å². The third kappa shape index (κ3) is 4.49. The number of carbonyl (C=O) groups is 3. The summed E-state index contributed by atoms with van der Waals surface area (Å²) in [5, 5.41) is 18.8. The highest BCUT2D eigenvalue weighted by Gasteiger charge is 2.36. The first-order valence-electron chi connectivity index (χ1n) is 11.6. The standard InChI is InChI=1S/C26H26N4O5/c1-30-23(25(32)33)12-17(29-30)13-27-24(31)15-10-16(11-15)28-26(34)35-14-22-20-8-4-2-6-18(20)19-7-3-5-9-21(19)22/h2-9,12,15-16,22H,10-11,13-14H2,1H3,(H,27,31)(H,28,34)(H,32,33). The van der Waals surface area contributed by atoms with Crippen LogP contribution in [0.3, 0.4) is 0 Å². The van der Waals surface area contributed by atoms with Crippen molar-refractivity contribution >= 4 is 18.0 Å². The number of carboxylic acid groups (broad SMARTS) is 1. The Morgan fingerprint density at radius 3 is 2.29 bits per heavy atom. The first-order chi connectivity index (χ1) is 16.9. The number of aromatic nitrogens is 2. The lowest BCUT2D eigenvalue weighted by Crippen LogP contribution is -2.49. The number of rotatable bonds is 7. The summed E-state index contributed by atoms with van der Waals surface area (Å²) in [5.74, 6) is -1.42. The SMILES string of the molecule is Cn1nc(CNC(=O)C2CC(NC(=O)OCC3c4ccccc4-c4ccccc43)C2)cc1C(=O)O. The number of hydrogen-bond acceptors (Lipinski definition) is 5. The van der Waals surface area contributed by atoms with Gasteiger partial charge in [0, 0.05) is 24.9 Å². The van der Waals surface area contributed by atoms with Gasteiger partial charge in [-0.05, 0) is 41.2 Å². The van der Waals surface area contributed by atoms with Crippen LogP contribution in [0, 0.1) is 5.92 Å². The van der Waals surface area contributed by atoms with Crippen molar-refractivity contribution in [1.82, 2.24) is 20.4 Å². The van der Waals surface area contributed by atoms with Crippen LogP contribution in [0.2, 0.25) is 0 Å². The number of nitrogens with zero attached hydrogens (tertiary/aromatic N) is 2. The number of amides is 2. The zero-order chi connectivity index (χ0) is 24.5. The maximum atomic E-state index is 12.4. The molecule has 3 aromatic rings. The average Bonchev–Trinajstić information content (AvgIpc) is 3.36. The molecule has 0 saturated heterocycles. The Bertz CT molecular complexity index is 1250. The Balaban J connectivity index is 1.07. The predicted octanol–water partition coefficient (Wildman–Crippen LogP) is 3.05. The van der Waals surface area contributed by atoms with Crippen molar-refractivity contribution < 1.29 is 24.2 Å². The summed E-state index contributed by atoms with van der Waals surface area (Å²) in [4.78, 5) is 35.9. The van der Waals surface area contributed by atoms with E-state index < -0.39 is 12.1 Å². The van der Waals surface area contributed by atoms with Crippen LogP contribution < -0.4 is 10.6 Å². The lowest BCUT2D eigenvalue weighted by Gasteiger charge is -2.34. The van der Waals surface area contributed by atoms with E-state index >= 15 is 0 Å². The number of ether oxygens (including phenoxy) is 1. The normalized spacial score (nSPS) is 18.2. The van der Waals surface area contributed by atoms with Crippen LogP contribution in [0.15, 0.2) is 54.6 Å². The van der Waals surface area contributed by atoms with Crippen molar-refractivity contribution in [1.29, 1.82) is 0 Å². The molecule has 2 aliphatic rings. The molecule has 1 heterocycles. The maximum Gasteiger partial charge on any atom is 0.407 e. The van der Waals surface area contributed by atoms with Gasteiger partial charge in [0.05, 0.1) is 12.2 Å². The second-order valence-corrected chi connectivity index (χ2v) is 9.00. The number of carbonyl (C=O) groups excluding carboxylic acids is 2. The average molecular weight is 475 g/mol. The van der Waals surface area contributed by atoms with Crippen molar-refractivity contribution in [3.05, 3.63) is 77.1 Å².